The average Bonchev–Trinajstić information content (AvgIpc) is 3.43. The number of aromatic nitrogens is 1. The number of para-hydroxylation sites is 1. The van der Waals surface area contributed by atoms with Gasteiger partial charge in [0.05, 0.1) is 16.8 Å². The lowest BCUT2D eigenvalue weighted by atomic mass is 9.98. The number of piperazine rings is 1. The zero-order chi connectivity index (χ0) is 20.7. The Morgan fingerprint density at radius 2 is 1.83 bits per heavy atom. The highest BCUT2D eigenvalue weighted by atomic mass is 32.1. The number of thiazole rings is 1. The Morgan fingerprint density at radius 1 is 1.10 bits per heavy atom. The van der Waals surface area contributed by atoms with Crippen molar-refractivity contribution in [3.05, 3.63) is 29.3 Å². The van der Waals surface area contributed by atoms with Gasteiger partial charge in [-0.05, 0) is 25.0 Å². The first-order valence-electron chi connectivity index (χ1n) is 10.5. The Morgan fingerprint density at radius 3 is 2.57 bits per heavy atom. The number of urea groups is 1. The highest BCUT2D eigenvalue weighted by Gasteiger charge is 2.52. The SMILES string of the molecule is O=C(CN1C(=O)NC2(CCCC2)C1=O)N1CCN(Cc2nc3ccccc3s2)CC1. The Balaban J connectivity index is 1.15. The fourth-order valence-corrected chi connectivity index (χ4v) is 5.72. The van der Waals surface area contributed by atoms with E-state index in [2.05, 4.69) is 21.3 Å². The molecule has 1 saturated carbocycles. The fourth-order valence-electron chi connectivity index (χ4n) is 4.71. The first-order valence-corrected chi connectivity index (χ1v) is 11.3. The van der Waals surface area contributed by atoms with Gasteiger partial charge in [-0.15, -0.1) is 11.3 Å². The summed E-state index contributed by atoms with van der Waals surface area (Å²) in [5.41, 5.74) is 0.271. The number of rotatable bonds is 4. The number of nitrogens with one attached hydrogen (secondary N) is 1. The van der Waals surface area contributed by atoms with Gasteiger partial charge < -0.3 is 10.2 Å². The zero-order valence-electron chi connectivity index (χ0n) is 16.8. The lowest BCUT2D eigenvalue weighted by molar-refractivity contribution is -0.140. The molecular weight excluding hydrogens is 402 g/mol. The van der Waals surface area contributed by atoms with E-state index in [1.165, 1.54) is 4.70 Å². The summed E-state index contributed by atoms with van der Waals surface area (Å²) in [6.07, 6.45) is 3.22. The van der Waals surface area contributed by atoms with E-state index in [0.717, 1.165) is 47.9 Å². The van der Waals surface area contributed by atoms with Crippen LogP contribution in [0, 0.1) is 0 Å². The van der Waals surface area contributed by atoms with Crippen LogP contribution in [0.1, 0.15) is 30.7 Å². The van der Waals surface area contributed by atoms with Crippen molar-refractivity contribution in [3.63, 3.8) is 0 Å². The van der Waals surface area contributed by atoms with Gasteiger partial charge in [-0.3, -0.25) is 19.4 Å². The molecule has 3 heterocycles. The number of hydrogen-bond acceptors (Lipinski definition) is 6. The summed E-state index contributed by atoms with van der Waals surface area (Å²) < 4.78 is 1.19. The maximum Gasteiger partial charge on any atom is 0.325 e. The molecule has 4 amide bonds. The molecule has 1 aromatic heterocycles. The maximum atomic E-state index is 12.8. The van der Waals surface area contributed by atoms with E-state index >= 15 is 0 Å². The number of hydrogen-bond donors (Lipinski definition) is 1. The number of fused-ring (bicyclic) bond motifs is 1. The van der Waals surface area contributed by atoms with Crippen molar-refractivity contribution in [1.82, 2.24) is 25.0 Å². The van der Waals surface area contributed by atoms with E-state index in [1.807, 2.05) is 18.2 Å². The molecule has 158 valence electrons. The van der Waals surface area contributed by atoms with Crippen molar-refractivity contribution in [2.24, 2.45) is 0 Å². The number of amides is 4. The summed E-state index contributed by atoms with van der Waals surface area (Å²) in [5.74, 6) is -0.388. The van der Waals surface area contributed by atoms with Crippen molar-refractivity contribution in [2.75, 3.05) is 32.7 Å². The van der Waals surface area contributed by atoms with Gasteiger partial charge in [0.25, 0.3) is 5.91 Å². The molecule has 1 spiro atoms. The molecule has 3 aliphatic rings. The van der Waals surface area contributed by atoms with E-state index in [0.29, 0.717) is 25.9 Å². The predicted molar refractivity (Wildman–Crippen MR) is 113 cm³/mol. The van der Waals surface area contributed by atoms with Crippen LogP contribution in [-0.4, -0.2) is 75.8 Å². The molecule has 8 nitrogen and oxygen atoms in total. The molecule has 5 rings (SSSR count). The van der Waals surface area contributed by atoms with Gasteiger partial charge >= 0.3 is 6.03 Å². The molecule has 0 atom stereocenters. The number of nitrogens with zero attached hydrogens (tertiary/aromatic N) is 4. The minimum absolute atomic E-state index is 0.159. The third-order valence-electron chi connectivity index (χ3n) is 6.42. The van der Waals surface area contributed by atoms with Crippen LogP contribution in [0.3, 0.4) is 0 Å². The van der Waals surface area contributed by atoms with Gasteiger partial charge in [0, 0.05) is 26.2 Å². The molecule has 0 bridgehead atoms. The minimum Gasteiger partial charge on any atom is -0.339 e. The summed E-state index contributed by atoms with van der Waals surface area (Å²) in [5, 5.41) is 3.92. The van der Waals surface area contributed by atoms with Crippen LogP contribution in [-0.2, 0) is 16.1 Å². The molecule has 30 heavy (non-hydrogen) atoms. The first kappa shape index (κ1) is 19.4. The number of imide groups is 1. The standard InChI is InChI=1S/C21H25N5O3S/c27-18(14-26-19(28)21(23-20(26)29)7-3-4-8-21)25-11-9-24(10-12-25)13-17-22-15-5-1-2-6-16(15)30-17/h1-2,5-6H,3-4,7-14H2,(H,23,29). The van der Waals surface area contributed by atoms with E-state index in [9.17, 15) is 14.4 Å². The summed E-state index contributed by atoms with van der Waals surface area (Å²) in [4.78, 5) is 47.7. The number of carbonyl (C=O) groups excluding carboxylic acids is 3. The van der Waals surface area contributed by atoms with Crippen molar-refractivity contribution in [3.8, 4) is 0 Å². The summed E-state index contributed by atoms with van der Waals surface area (Å²) in [6, 6.07) is 7.70. The van der Waals surface area contributed by atoms with Crippen LogP contribution in [0.25, 0.3) is 10.2 Å². The molecule has 0 radical (unpaired) electrons. The fraction of sp³-hybridized carbons (Fsp3) is 0.524. The van der Waals surface area contributed by atoms with Gasteiger partial charge in [-0.1, -0.05) is 25.0 Å². The van der Waals surface area contributed by atoms with Gasteiger partial charge in [0.2, 0.25) is 5.91 Å². The van der Waals surface area contributed by atoms with E-state index in [1.54, 1.807) is 16.2 Å². The molecule has 2 aliphatic heterocycles. The Kier molecular flexibility index (Phi) is 4.94. The van der Waals surface area contributed by atoms with Gasteiger partial charge in [0.1, 0.15) is 17.1 Å². The third kappa shape index (κ3) is 3.45. The molecule has 2 aromatic rings. The average molecular weight is 428 g/mol. The lowest BCUT2D eigenvalue weighted by Crippen LogP contribution is -2.52. The smallest absolute Gasteiger partial charge is 0.325 e. The Labute approximate surface area is 178 Å². The second-order valence-electron chi connectivity index (χ2n) is 8.34. The largest absolute Gasteiger partial charge is 0.339 e. The molecule has 2 saturated heterocycles. The predicted octanol–water partition coefficient (Wildman–Crippen LogP) is 1.81. The summed E-state index contributed by atoms with van der Waals surface area (Å²) in [7, 11) is 0. The summed E-state index contributed by atoms with van der Waals surface area (Å²) in [6.45, 7) is 3.32. The topological polar surface area (TPSA) is 85.8 Å². The zero-order valence-corrected chi connectivity index (χ0v) is 17.6. The monoisotopic (exact) mass is 427 g/mol. The molecule has 3 fully saturated rings. The Hall–Kier alpha value is -2.52. The van der Waals surface area contributed by atoms with E-state index in [-0.39, 0.29) is 18.4 Å². The maximum absolute atomic E-state index is 12.8. The first-order chi connectivity index (χ1) is 14.5. The minimum atomic E-state index is -0.757. The second kappa shape index (κ2) is 7.63. The van der Waals surface area contributed by atoms with Crippen LogP contribution < -0.4 is 5.32 Å². The van der Waals surface area contributed by atoms with Crippen molar-refractivity contribution >= 4 is 39.4 Å². The highest BCUT2D eigenvalue weighted by Crippen LogP contribution is 2.35. The molecule has 1 N–H and O–H groups in total. The van der Waals surface area contributed by atoms with Crippen LogP contribution in [0.15, 0.2) is 24.3 Å². The molecular formula is C21H25N5O3S. The quantitative estimate of drug-likeness (QED) is 0.752. The van der Waals surface area contributed by atoms with Crippen LogP contribution >= 0.6 is 11.3 Å². The number of benzene rings is 1. The Bertz CT molecular complexity index is 958. The van der Waals surface area contributed by atoms with E-state index in [4.69, 9.17) is 0 Å². The molecule has 9 heteroatoms. The normalized spacial score (nSPS) is 21.7. The van der Waals surface area contributed by atoms with Gasteiger partial charge in [0.15, 0.2) is 0 Å². The number of carbonyl (C=O) groups is 3. The lowest BCUT2D eigenvalue weighted by Gasteiger charge is -2.34. The molecule has 1 aliphatic carbocycles. The third-order valence-corrected chi connectivity index (χ3v) is 7.44. The van der Waals surface area contributed by atoms with Crippen molar-refractivity contribution in [2.45, 2.75) is 37.8 Å². The van der Waals surface area contributed by atoms with Crippen LogP contribution in [0.2, 0.25) is 0 Å². The molecule has 1 aromatic carbocycles. The van der Waals surface area contributed by atoms with Crippen LogP contribution in [0.4, 0.5) is 4.79 Å². The van der Waals surface area contributed by atoms with Crippen molar-refractivity contribution in [1.29, 1.82) is 0 Å². The summed E-state index contributed by atoms with van der Waals surface area (Å²) >= 11 is 1.71. The van der Waals surface area contributed by atoms with E-state index < -0.39 is 11.6 Å². The van der Waals surface area contributed by atoms with Crippen LogP contribution in [0.5, 0.6) is 0 Å². The van der Waals surface area contributed by atoms with Crippen molar-refractivity contribution < 1.29 is 14.4 Å². The van der Waals surface area contributed by atoms with Gasteiger partial charge in [-0.25, -0.2) is 9.78 Å². The molecule has 0 unspecified atom stereocenters. The second-order valence-corrected chi connectivity index (χ2v) is 9.46. The van der Waals surface area contributed by atoms with Gasteiger partial charge in [-0.2, -0.15) is 0 Å². The highest BCUT2D eigenvalue weighted by molar-refractivity contribution is 7.18.